The van der Waals surface area contributed by atoms with E-state index < -0.39 is 0 Å². The molecule has 1 heterocycles. The molecule has 1 atom stereocenters. The monoisotopic (exact) mass is 385 g/mol. The Kier molecular flexibility index (Phi) is 4.48. The third-order valence-electron chi connectivity index (χ3n) is 3.38. The minimum Gasteiger partial charge on any atom is -0.324 e. The maximum atomic E-state index is 6.36. The highest BCUT2D eigenvalue weighted by Gasteiger charge is 2.17. The van der Waals surface area contributed by atoms with Gasteiger partial charge in [-0.15, -0.1) is 0 Å². The Morgan fingerprint density at radius 3 is 2.58 bits per heavy atom. The van der Waals surface area contributed by atoms with Gasteiger partial charge in [0.05, 0.1) is 15.9 Å². The number of rotatable bonds is 3. The molecule has 0 amide bonds. The second-order valence-corrected chi connectivity index (χ2v) is 6.38. The molecular formula is C14H17Br2N3. The molecule has 3 nitrogen and oxygen atoms in total. The van der Waals surface area contributed by atoms with Gasteiger partial charge in [0.1, 0.15) is 0 Å². The average Bonchev–Trinajstić information content (AvgIpc) is 2.59. The normalized spacial score (nSPS) is 12.7. The Balaban J connectivity index is 2.31. The fourth-order valence-electron chi connectivity index (χ4n) is 2.25. The van der Waals surface area contributed by atoms with Gasteiger partial charge in [-0.05, 0) is 47.0 Å². The van der Waals surface area contributed by atoms with Crippen molar-refractivity contribution in [2.24, 2.45) is 12.8 Å². The zero-order valence-corrected chi connectivity index (χ0v) is 14.4. The van der Waals surface area contributed by atoms with E-state index in [-0.39, 0.29) is 6.04 Å². The summed E-state index contributed by atoms with van der Waals surface area (Å²) in [6.45, 7) is 4.08. The van der Waals surface area contributed by atoms with Crippen LogP contribution in [0.2, 0.25) is 0 Å². The van der Waals surface area contributed by atoms with Crippen LogP contribution in [0.1, 0.15) is 28.6 Å². The number of nitrogens with zero attached hydrogens (tertiary/aromatic N) is 2. The predicted octanol–water partition coefficient (Wildman–Crippen LogP) is 3.80. The zero-order chi connectivity index (χ0) is 14.2. The zero-order valence-electron chi connectivity index (χ0n) is 11.2. The van der Waals surface area contributed by atoms with E-state index in [2.05, 4.69) is 49.9 Å². The molecular weight excluding hydrogens is 370 g/mol. The average molecular weight is 387 g/mol. The van der Waals surface area contributed by atoms with Crippen LogP contribution in [0, 0.1) is 13.8 Å². The lowest BCUT2D eigenvalue weighted by Crippen LogP contribution is -2.17. The van der Waals surface area contributed by atoms with Crippen LogP contribution in [0.4, 0.5) is 0 Å². The lowest BCUT2D eigenvalue weighted by molar-refractivity contribution is 0.636. The molecule has 0 aliphatic carbocycles. The molecule has 0 fully saturated rings. The second kappa shape index (κ2) is 5.77. The predicted molar refractivity (Wildman–Crippen MR) is 85.2 cm³/mol. The Morgan fingerprint density at radius 2 is 2.00 bits per heavy atom. The number of halogens is 2. The van der Waals surface area contributed by atoms with E-state index in [1.165, 1.54) is 11.1 Å². The van der Waals surface area contributed by atoms with Crippen LogP contribution in [-0.2, 0) is 13.5 Å². The summed E-state index contributed by atoms with van der Waals surface area (Å²) in [5.41, 5.74) is 10.9. The number of aromatic nitrogens is 2. The molecule has 0 aliphatic heterocycles. The van der Waals surface area contributed by atoms with E-state index in [1.54, 1.807) is 0 Å². The molecule has 2 rings (SSSR count). The molecule has 19 heavy (non-hydrogen) atoms. The quantitative estimate of drug-likeness (QED) is 0.871. The Bertz CT molecular complexity index is 605. The van der Waals surface area contributed by atoms with E-state index in [0.717, 1.165) is 26.8 Å². The van der Waals surface area contributed by atoms with Gasteiger partial charge in [0.2, 0.25) is 0 Å². The first-order valence-corrected chi connectivity index (χ1v) is 7.69. The lowest BCUT2D eigenvalue weighted by atomic mass is 9.98. The van der Waals surface area contributed by atoms with Crippen molar-refractivity contribution >= 4 is 31.9 Å². The molecule has 102 valence electrons. The third kappa shape index (κ3) is 2.93. The molecule has 1 aromatic heterocycles. The van der Waals surface area contributed by atoms with Crippen LogP contribution < -0.4 is 5.73 Å². The molecule has 2 aromatic rings. The maximum absolute atomic E-state index is 6.36. The summed E-state index contributed by atoms with van der Waals surface area (Å²) in [6, 6.07) is 6.11. The summed E-state index contributed by atoms with van der Waals surface area (Å²) < 4.78 is 4.05. The molecule has 0 bridgehead atoms. The highest BCUT2D eigenvalue weighted by molar-refractivity contribution is 9.10. The number of hydrogen-bond acceptors (Lipinski definition) is 2. The summed E-state index contributed by atoms with van der Waals surface area (Å²) in [4.78, 5) is 0. The van der Waals surface area contributed by atoms with Gasteiger partial charge < -0.3 is 5.73 Å². The van der Waals surface area contributed by atoms with E-state index >= 15 is 0 Å². The highest BCUT2D eigenvalue weighted by atomic mass is 79.9. The van der Waals surface area contributed by atoms with Crippen molar-refractivity contribution in [2.75, 3.05) is 0 Å². The number of aryl methyl sites for hydroxylation is 2. The standard InChI is InChI=1S/C14H17Br2N3/c1-8-10(5-4-6-11(8)15)12(17)7-13-14(16)9(2)18-19(13)3/h4-6,12H,7,17H2,1-3H3. The lowest BCUT2D eigenvalue weighted by Gasteiger charge is -2.16. The first-order valence-electron chi connectivity index (χ1n) is 6.10. The molecule has 0 radical (unpaired) electrons. The summed E-state index contributed by atoms with van der Waals surface area (Å²) in [5, 5.41) is 4.40. The van der Waals surface area contributed by atoms with E-state index in [4.69, 9.17) is 5.73 Å². The van der Waals surface area contributed by atoms with E-state index in [0.29, 0.717) is 0 Å². The molecule has 0 saturated carbocycles. The molecule has 1 aromatic carbocycles. The van der Waals surface area contributed by atoms with Gasteiger partial charge in [0, 0.05) is 24.0 Å². The number of benzene rings is 1. The molecule has 0 aliphatic rings. The molecule has 0 spiro atoms. The van der Waals surface area contributed by atoms with Crippen molar-refractivity contribution in [1.29, 1.82) is 0 Å². The molecule has 5 heteroatoms. The van der Waals surface area contributed by atoms with Crippen LogP contribution in [0.25, 0.3) is 0 Å². The summed E-state index contributed by atoms with van der Waals surface area (Å²) >= 11 is 7.14. The summed E-state index contributed by atoms with van der Waals surface area (Å²) in [5.74, 6) is 0. The van der Waals surface area contributed by atoms with Gasteiger partial charge in [0.25, 0.3) is 0 Å². The van der Waals surface area contributed by atoms with Crippen molar-refractivity contribution in [3.8, 4) is 0 Å². The SMILES string of the molecule is Cc1nn(C)c(CC(N)c2cccc(Br)c2C)c1Br. The Morgan fingerprint density at radius 1 is 1.32 bits per heavy atom. The number of nitrogens with two attached hydrogens (primary N) is 1. The Labute approximate surface area is 130 Å². The first kappa shape index (κ1) is 14.8. The maximum Gasteiger partial charge on any atom is 0.0738 e. The van der Waals surface area contributed by atoms with Crippen LogP contribution in [0.3, 0.4) is 0 Å². The first-order chi connectivity index (χ1) is 8.91. The fraction of sp³-hybridized carbons (Fsp3) is 0.357. The van der Waals surface area contributed by atoms with Gasteiger partial charge in [-0.3, -0.25) is 4.68 Å². The third-order valence-corrected chi connectivity index (χ3v) is 5.27. The van der Waals surface area contributed by atoms with Crippen molar-refractivity contribution in [2.45, 2.75) is 26.3 Å². The van der Waals surface area contributed by atoms with E-state index in [1.807, 2.05) is 30.8 Å². The second-order valence-electron chi connectivity index (χ2n) is 4.73. The van der Waals surface area contributed by atoms with Crippen molar-refractivity contribution in [1.82, 2.24) is 9.78 Å². The summed E-state index contributed by atoms with van der Waals surface area (Å²) in [6.07, 6.45) is 0.759. The van der Waals surface area contributed by atoms with Gasteiger partial charge in [-0.2, -0.15) is 5.10 Å². The van der Waals surface area contributed by atoms with Crippen LogP contribution in [0.15, 0.2) is 27.1 Å². The van der Waals surface area contributed by atoms with Gasteiger partial charge in [-0.1, -0.05) is 28.1 Å². The topological polar surface area (TPSA) is 43.8 Å². The van der Waals surface area contributed by atoms with Gasteiger partial charge in [-0.25, -0.2) is 0 Å². The van der Waals surface area contributed by atoms with Crippen molar-refractivity contribution < 1.29 is 0 Å². The highest BCUT2D eigenvalue weighted by Crippen LogP contribution is 2.28. The minimum atomic E-state index is -0.0383. The largest absolute Gasteiger partial charge is 0.324 e. The van der Waals surface area contributed by atoms with Gasteiger partial charge in [0.15, 0.2) is 0 Å². The smallest absolute Gasteiger partial charge is 0.0738 e. The molecule has 0 saturated heterocycles. The van der Waals surface area contributed by atoms with Gasteiger partial charge >= 0.3 is 0 Å². The minimum absolute atomic E-state index is 0.0383. The summed E-state index contributed by atoms with van der Waals surface area (Å²) in [7, 11) is 1.95. The van der Waals surface area contributed by atoms with Crippen LogP contribution >= 0.6 is 31.9 Å². The number of hydrogen-bond donors (Lipinski definition) is 1. The van der Waals surface area contributed by atoms with Crippen molar-refractivity contribution in [3.63, 3.8) is 0 Å². The van der Waals surface area contributed by atoms with Crippen LogP contribution in [0.5, 0.6) is 0 Å². The molecule has 1 unspecified atom stereocenters. The molecule has 2 N–H and O–H groups in total. The van der Waals surface area contributed by atoms with Crippen molar-refractivity contribution in [3.05, 3.63) is 49.7 Å². The Hall–Kier alpha value is -0.650. The van der Waals surface area contributed by atoms with E-state index in [9.17, 15) is 0 Å². The van der Waals surface area contributed by atoms with Crippen LogP contribution in [-0.4, -0.2) is 9.78 Å². The fourth-order valence-corrected chi connectivity index (χ4v) is 3.13.